The molecule has 0 aromatic carbocycles. The van der Waals surface area contributed by atoms with Crippen LogP contribution in [0.4, 0.5) is 0 Å². The molecule has 5 heteroatoms. The summed E-state index contributed by atoms with van der Waals surface area (Å²) in [4.78, 5) is 22.9. The van der Waals surface area contributed by atoms with Crippen LogP contribution in [0, 0.1) is 0 Å². The third-order valence-electron chi connectivity index (χ3n) is 2.28. The fourth-order valence-corrected chi connectivity index (χ4v) is 1.06. The van der Waals surface area contributed by atoms with Gasteiger partial charge in [-0.05, 0) is 20.3 Å². The van der Waals surface area contributed by atoms with Crippen LogP contribution >= 0.6 is 0 Å². The Balaban J connectivity index is 4.34. The zero-order chi connectivity index (χ0) is 14.7. The van der Waals surface area contributed by atoms with E-state index in [-0.39, 0.29) is 19.2 Å². The zero-order valence-electron chi connectivity index (χ0n) is 11.8. The normalized spacial score (nSPS) is 12.2. The molecular weight excluding hydrogens is 248 g/mol. The Labute approximate surface area is 113 Å². The Bertz CT molecular complexity index is 355. The van der Waals surface area contributed by atoms with Crippen molar-refractivity contribution in [2.75, 3.05) is 19.8 Å². The van der Waals surface area contributed by atoms with Gasteiger partial charge in [-0.25, -0.2) is 9.59 Å². The van der Waals surface area contributed by atoms with Crippen LogP contribution in [0.15, 0.2) is 23.3 Å². The van der Waals surface area contributed by atoms with Gasteiger partial charge in [0.15, 0.2) is 0 Å². The molecule has 108 valence electrons. The molecule has 0 heterocycles. The second-order valence-electron chi connectivity index (χ2n) is 4.05. The molecule has 0 aromatic rings. The maximum absolute atomic E-state index is 11.5. The molecule has 0 fully saturated rings. The Kier molecular flexibility index (Phi) is 9.44. The highest BCUT2D eigenvalue weighted by Crippen LogP contribution is 2.03. The third-order valence-corrected chi connectivity index (χ3v) is 2.28. The second kappa shape index (κ2) is 10.3. The van der Waals surface area contributed by atoms with Crippen LogP contribution < -0.4 is 0 Å². The molecule has 1 N–H and O–H groups in total. The number of aliphatic hydroxyl groups excluding tert-OH is 1. The van der Waals surface area contributed by atoms with E-state index in [4.69, 9.17) is 14.6 Å². The van der Waals surface area contributed by atoms with Gasteiger partial charge in [-0.2, -0.15) is 0 Å². The first-order valence-electron chi connectivity index (χ1n) is 6.33. The summed E-state index contributed by atoms with van der Waals surface area (Å²) >= 11 is 0. The SMILES string of the molecule is CCCCOC(=O)C(C)=CC=C(C)C(=O)OCCO. The average molecular weight is 270 g/mol. The Hall–Kier alpha value is -1.62. The fraction of sp³-hybridized carbons (Fsp3) is 0.571. The molecule has 0 aliphatic heterocycles. The smallest absolute Gasteiger partial charge is 0.333 e. The third kappa shape index (κ3) is 8.15. The summed E-state index contributed by atoms with van der Waals surface area (Å²) < 4.78 is 9.74. The van der Waals surface area contributed by atoms with Crippen LogP contribution in [0.2, 0.25) is 0 Å². The molecule has 0 rings (SSSR count). The van der Waals surface area contributed by atoms with Crippen molar-refractivity contribution in [3.8, 4) is 0 Å². The Morgan fingerprint density at radius 1 is 1.00 bits per heavy atom. The second-order valence-corrected chi connectivity index (χ2v) is 4.05. The quantitative estimate of drug-likeness (QED) is 0.315. The molecule has 0 saturated heterocycles. The summed E-state index contributed by atoms with van der Waals surface area (Å²) in [5.41, 5.74) is 0.777. The number of allylic oxidation sites excluding steroid dienone is 2. The number of unbranched alkanes of at least 4 members (excludes halogenated alkanes) is 1. The number of ether oxygens (including phenoxy) is 2. The number of carbonyl (C=O) groups excluding carboxylic acids is 2. The van der Waals surface area contributed by atoms with Crippen LogP contribution in [0.25, 0.3) is 0 Å². The molecular formula is C14H22O5. The number of aliphatic hydroxyl groups is 1. The van der Waals surface area contributed by atoms with Crippen molar-refractivity contribution in [2.24, 2.45) is 0 Å². The highest BCUT2D eigenvalue weighted by molar-refractivity contribution is 5.90. The summed E-state index contributed by atoms with van der Waals surface area (Å²) in [5.74, 6) is -0.904. The van der Waals surface area contributed by atoms with Gasteiger partial charge >= 0.3 is 11.9 Å². The number of esters is 2. The zero-order valence-corrected chi connectivity index (χ0v) is 11.8. The van der Waals surface area contributed by atoms with Crippen LogP contribution in [0.3, 0.4) is 0 Å². The van der Waals surface area contributed by atoms with Gasteiger partial charge in [-0.3, -0.25) is 0 Å². The van der Waals surface area contributed by atoms with Crippen LogP contribution in [-0.4, -0.2) is 36.9 Å². The van der Waals surface area contributed by atoms with Crippen molar-refractivity contribution in [1.82, 2.24) is 0 Å². The lowest BCUT2D eigenvalue weighted by Gasteiger charge is -2.03. The summed E-state index contributed by atoms with van der Waals surface area (Å²) in [6, 6.07) is 0. The molecule has 0 atom stereocenters. The van der Waals surface area contributed by atoms with E-state index in [1.165, 1.54) is 12.2 Å². The van der Waals surface area contributed by atoms with E-state index in [0.29, 0.717) is 17.8 Å². The van der Waals surface area contributed by atoms with E-state index in [9.17, 15) is 9.59 Å². The Morgan fingerprint density at radius 3 is 1.89 bits per heavy atom. The van der Waals surface area contributed by atoms with Crippen molar-refractivity contribution in [1.29, 1.82) is 0 Å². The van der Waals surface area contributed by atoms with Gasteiger partial charge in [0.1, 0.15) is 6.61 Å². The Morgan fingerprint density at radius 2 is 1.47 bits per heavy atom. The molecule has 0 bridgehead atoms. The minimum atomic E-state index is -0.516. The van der Waals surface area contributed by atoms with Crippen LogP contribution in [0.5, 0.6) is 0 Å². The first-order chi connectivity index (χ1) is 9.02. The average Bonchev–Trinajstić information content (AvgIpc) is 2.41. The molecule has 0 aromatic heterocycles. The van der Waals surface area contributed by atoms with Gasteiger partial charge < -0.3 is 14.6 Å². The van der Waals surface area contributed by atoms with Gasteiger partial charge in [-0.15, -0.1) is 0 Å². The maximum Gasteiger partial charge on any atom is 0.333 e. The minimum Gasteiger partial charge on any atom is -0.462 e. The first kappa shape index (κ1) is 17.4. The van der Waals surface area contributed by atoms with Crippen molar-refractivity contribution >= 4 is 11.9 Å². The maximum atomic E-state index is 11.5. The summed E-state index contributed by atoms with van der Waals surface area (Å²) in [7, 11) is 0. The predicted molar refractivity (Wildman–Crippen MR) is 71.4 cm³/mol. The minimum absolute atomic E-state index is 0.0359. The van der Waals surface area contributed by atoms with E-state index in [0.717, 1.165) is 12.8 Å². The number of hydrogen-bond donors (Lipinski definition) is 1. The van der Waals surface area contributed by atoms with Crippen molar-refractivity contribution in [2.45, 2.75) is 33.6 Å². The molecule has 0 radical (unpaired) electrons. The topological polar surface area (TPSA) is 72.8 Å². The molecule has 0 amide bonds. The number of rotatable bonds is 8. The van der Waals surface area contributed by atoms with Crippen molar-refractivity contribution in [3.63, 3.8) is 0 Å². The lowest BCUT2D eigenvalue weighted by atomic mass is 10.2. The lowest BCUT2D eigenvalue weighted by molar-refractivity contribution is -0.140. The predicted octanol–water partition coefficient (Wildman–Crippen LogP) is 1.76. The number of hydrogen-bond acceptors (Lipinski definition) is 5. The summed E-state index contributed by atoms with van der Waals surface area (Å²) in [5, 5.41) is 8.52. The molecule has 5 nitrogen and oxygen atoms in total. The lowest BCUT2D eigenvalue weighted by Crippen LogP contribution is -2.09. The van der Waals surface area contributed by atoms with E-state index in [1.807, 2.05) is 6.92 Å². The van der Waals surface area contributed by atoms with Gasteiger partial charge in [-0.1, -0.05) is 25.5 Å². The van der Waals surface area contributed by atoms with Crippen LogP contribution in [-0.2, 0) is 19.1 Å². The standard InChI is InChI=1S/C14H22O5/c1-4-5-9-18-13(16)11(2)6-7-12(3)14(17)19-10-8-15/h6-7,15H,4-5,8-10H2,1-3H3. The molecule has 0 spiro atoms. The highest BCUT2D eigenvalue weighted by atomic mass is 16.5. The van der Waals surface area contributed by atoms with E-state index < -0.39 is 5.97 Å². The van der Waals surface area contributed by atoms with E-state index >= 15 is 0 Å². The molecule has 0 saturated carbocycles. The van der Waals surface area contributed by atoms with Gasteiger partial charge in [0.25, 0.3) is 0 Å². The monoisotopic (exact) mass is 270 g/mol. The molecule has 0 unspecified atom stereocenters. The molecule has 0 aliphatic rings. The largest absolute Gasteiger partial charge is 0.462 e. The molecule has 0 aliphatic carbocycles. The van der Waals surface area contributed by atoms with Gasteiger partial charge in [0.05, 0.1) is 13.2 Å². The highest BCUT2D eigenvalue weighted by Gasteiger charge is 2.06. The summed E-state index contributed by atoms with van der Waals surface area (Å²) in [6.45, 7) is 5.37. The van der Waals surface area contributed by atoms with Gasteiger partial charge in [0, 0.05) is 11.1 Å². The van der Waals surface area contributed by atoms with E-state index in [2.05, 4.69) is 0 Å². The fourth-order valence-electron chi connectivity index (χ4n) is 1.06. The van der Waals surface area contributed by atoms with Crippen LogP contribution in [0.1, 0.15) is 33.6 Å². The number of carbonyl (C=O) groups is 2. The van der Waals surface area contributed by atoms with Gasteiger partial charge in [0.2, 0.25) is 0 Å². The first-order valence-corrected chi connectivity index (χ1v) is 6.33. The summed E-state index contributed by atoms with van der Waals surface area (Å²) in [6.07, 6.45) is 4.81. The molecule has 19 heavy (non-hydrogen) atoms. The van der Waals surface area contributed by atoms with E-state index in [1.54, 1.807) is 13.8 Å². The van der Waals surface area contributed by atoms with Crippen molar-refractivity contribution < 1.29 is 24.2 Å². The van der Waals surface area contributed by atoms with Crippen molar-refractivity contribution in [3.05, 3.63) is 23.3 Å².